The monoisotopic (exact) mass is 667 g/mol. The Morgan fingerprint density at radius 3 is 0.766 bits per heavy atom. The molecule has 0 aromatic rings. The van der Waals surface area contributed by atoms with Gasteiger partial charge in [0.2, 0.25) is 0 Å². The first-order chi connectivity index (χ1) is 23.1. The molecule has 0 heterocycles. The molecule has 0 aromatic carbocycles. The Morgan fingerprint density at radius 2 is 0.553 bits per heavy atom. The molecule has 0 amide bonds. The van der Waals surface area contributed by atoms with Crippen LogP contribution >= 0.6 is 0 Å². The average molecular weight is 667 g/mol. The van der Waals surface area contributed by atoms with Gasteiger partial charge in [-0.3, -0.25) is 9.59 Å². The zero-order chi connectivity index (χ0) is 34.3. The number of hydrogen-bond acceptors (Lipinski definition) is 5. The molecule has 0 saturated carbocycles. The molecular formula is C42H82O5. The molecule has 0 spiro atoms. The van der Waals surface area contributed by atoms with Gasteiger partial charge in [0, 0.05) is 12.8 Å². The van der Waals surface area contributed by atoms with E-state index in [2.05, 4.69) is 13.8 Å². The SMILES string of the molecule is CCCCCCCCCCCCCCCCCCCCC(=O)OC[C@@H](O)COC(=O)CCCCCCCCCCCCCCCCC. The molecule has 0 fully saturated rings. The molecule has 0 unspecified atom stereocenters. The fourth-order valence-electron chi connectivity index (χ4n) is 6.38. The highest BCUT2D eigenvalue weighted by atomic mass is 16.6. The van der Waals surface area contributed by atoms with Crippen LogP contribution in [-0.2, 0) is 19.1 Å². The van der Waals surface area contributed by atoms with Gasteiger partial charge >= 0.3 is 11.9 Å². The first-order valence-electron chi connectivity index (χ1n) is 21.1. The van der Waals surface area contributed by atoms with Crippen molar-refractivity contribution < 1.29 is 24.2 Å². The van der Waals surface area contributed by atoms with Crippen molar-refractivity contribution in [2.75, 3.05) is 13.2 Å². The smallest absolute Gasteiger partial charge is 0.305 e. The molecule has 0 rings (SSSR count). The van der Waals surface area contributed by atoms with Gasteiger partial charge in [0.1, 0.15) is 19.3 Å². The second-order valence-electron chi connectivity index (χ2n) is 14.5. The van der Waals surface area contributed by atoms with Crippen molar-refractivity contribution in [3.63, 3.8) is 0 Å². The summed E-state index contributed by atoms with van der Waals surface area (Å²) in [5.74, 6) is -0.548. The molecular weight excluding hydrogens is 584 g/mol. The minimum atomic E-state index is -0.954. The molecule has 5 nitrogen and oxygen atoms in total. The topological polar surface area (TPSA) is 72.8 Å². The number of carbonyl (C=O) groups excluding carboxylic acids is 2. The number of ether oxygens (including phenoxy) is 2. The highest BCUT2D eigenvalue weighted by Crippen LogP contribution is 2.16. The zero-order valence-corrected chi connectivity index (χ0v) is 31.8. The number of hydrogen-bond donors (Lipinski definition) is 1. The van der Waals surface area contributed by atoms with Crippen LogP contribution in [0.4, 0.5) is 0 Å². The molecule has 0 aliphatic heterocycles. The Bertz CT molecular complexity index is 637. The minimum Gasteiger partial charge on any atom is -0.463 e. The highest BCUT2D eigenvalue weighted by molar-refractivity contribution is 5.69. The summed E-state index contributed by atoms with van der Waals surface area (Å²) in [5, 5.41) is 10.0. The van der Waals surface area contributed by atoms with E-state index in [-0.39, 0.29) is 25.2 Å². The summed E-state index contributed by atoms with van der Waals surface area (Å²) in [6, 6.07) is 0. The molecule has 0 radical (unpaired) electrons. The molecule has 1 N–H and O–H groups in total. The van der Waals surface area contributed by atoms with Gasteiger partial charge in [-0.25, -0.2) is 0 Å². The molecule has 0 aliphatic carbocycles. The van der Waals surface area contributed by atoms with Gasteiger partial charge in [-0.05, 0) is 12.8 Å². The second-order valence-corrected chi connectivity index (χ2v) is 14.5. The van der Waals surface area contributed by atoms with Gasteiger partial charge in [0.05, 0.1) is 0 Å². The molecule has 0 aromatic heterocycles. The maximum atomic E-state index is 12.0. The lowest BCUT2D eigenvalue weighted by molar-refractivity contribution is -0.152. The highest BCUT2D eigenvalue weighted by Gasteiger charge is 2.12. The number of carbonyl (C=O) groups is 2. The second kappa shape index (κ2) is 39.3. The lowest BCUT2D eigenvalue weighted by Gasteiger charge is -2.12. The van der Waals surface area contributed by atoms with E-state index in [1.54, 1.807) is 0 Å². The van der Waals surface area contributed by atoms with Gasteiger partial charge in [0.15, 0.2) is 0 Å². The summed E-state index contributed by atoms with van der Waals surface area (Å²) >= 11 is 0. The van der Waals surface area contributed by atoms with E-state index in [9.17, 15) is 14.7 Å². The predicted molar refractivity (Wildman–Crippen MR) is 201 cm³/mol. The largest absolute Gasteiger partial charge is 0.463 e. The lowest BCUT2D eigenvalue weighted by atomic mass is 10.0. The van der Waals surface area contributed by atoms with E-state index in [1.807, 2.05) is 0 Å². The fourth-order valence-corrected chi connectivity index (χ4v) is 6.38. The van der Waals surface area contributed by atoms with Gasteiger partial charge in [0.25, 0.3) is 0 Å². The number of rotatable bonds is 39. The Hall–Kier alpha value is -1.10. The third-order valence-corrected chi connectivity index (χ3v) is 9.59. The minimum absolute atomic E-state index is 0.107. The van der Waals surface area contributed by atoms with Crippen LogP contribution in [0, 0.1) is 0 Å². The van der Waals surface area contributed by atoms with E-state index < -0.39 is 6.10 Å². The van der Waals surface area contributed by atoms with E-state index in [0.717, 1.165) is 25.7 Å². The maximum Gasteiger partial charge on any atom is 0.305 e. The maximum absolute atomic E-state index is 12.0. The lowest BCUT2D eigenvalue weighted by Crippen LogP contribution is -2.25. The molecule has 280 valence electrons. The molecule has 5 heteroatoms. The third-order valence-electron chi connectivity index (χ3n) is 9.59. The van der Waals surface area contributed by atoms with Crippen LogP contribution in [0.15, 0.2) is 0 Å². The van der Waals surface area contributed by atoms with Crippen molar-refractivity contribution in [3.05, 3.63) is 0 Å². The van der Waals surface area contributed by atoms with Crippen LogP contribution in [0.2, 0.25) is 0 Å². The van der Waals surface area contributed by atoms with Gasteiger partial charge < -0.3 is 14.6 Å². The number of unbranched alkanes of at least 4 members (excludes halogenated alkanes) is 31. The number of esters is 2. The first kappa shape index (κ1) is 45.9. The van der Waals surface area contributed by atoms with E-state index in [0.29, 0.717) is 12.8 Å². The predicted octanol–water partition coefficient (Wildman–Crippen LogP) is 13.1. The fraction of sp³-hybridized carbons (Fsp3) is 0.952. The Morgan fingerprint density at radius 1 is 0.362 bits per heavy atom. The van der Waals surface area contributed by atoms with Crippen molar-refractivity contribution in [1.29, 1.82) is 0 Å². The van der Waals surface area contributed by atoms with Crippen LogP contribution in [0.1, 0.15) is 239 Å². The zero-order valence-electron chi connectivity index (χ0n) is 31.8. The number of aliphatic hydroxyl groups is 1. The third kappa shape index (κ3) is 39.2. The van der Waals surface area contributed by atoms with Gasteiger partial charge in [-0.2, -0.15) is 0 Å². The molecule has 0 aliphatic rings. The van der Waals surface area contributed by atoms with E-state index in [1.165, 1.54) is 186 Å². The summed E-state index contributed by atoms with van der Waals surface area (Å²) < 4.78 is 10.4. The van der Waals surface area contributed by atoms with Crippen molar-refractivity contribution in [3.8, 4) is 0 Å². The van der Waals surface area contributed by atoms with Crippen LogP contribution in [0.3, 0.4) is 0 Å². The average Bonchev–Trinajstić information content (AvgIpc) is 3.07. The summed E-state index contributed by atoms with van der Waals surface area (Å²) in [5.41, 5.74) is 0. The number of aliphatic hydroxyl groups excluding tert-OH is 1. The molecule has 1 atom stereocenters. The summed E-state index contributed by atoms with van der Waals surface area (Å²) in [6.45, 7) is 4.34. The quantitative estimate of drug-likeness (QED) is 0.0522. The Balaban J connectivity index is 3.36. The summed E-state index contributed by atoms with van der Waals surface area (Å²) in [7, 11) is 0. The van der Waals surface area contributed by atoms with Crippen LogP contribution in [0.5, 0.6) is 0 Å². The van der Waals surface area contributed by atoms with Gasteiger partial charge in [-0.15, -0.1) is 0 Å². The van der Waals surface area contributed by atoms with Crippen LogP contribution < -0.4 is 0 Å². The molecule has 0 saturated heterocycles. The van der Waals surface area contributed by atoms with Crippen molar-refractivity contribution in [2.24, 2.45) is 0 Å². The first-order valence-corrected chi connectivity index (χ1v) is 21.1. The van der Waals surface area contributed by atoms with E-state index >= 15 is 0 Å². The normalized spacial score (nSPS) is 12.0. The molecule has 0 bridgehead atoms. The van der Waals surface area contributed by atoms with Gasteiger partial charge in [-0.1, -0.05) is 213 Å². The standard InChI is InChI=1S/C42H82O5/c1-3-5-7-9-11-13-15-17-19-20-21-23-25-27-29-31-33-35-37-42(45)47-39-40(43)38-46-41(44)36-34-32-30-28-26-24-22-18-16-14-12-10-8-6-4-2/h40,43H,3-39H2,1-2H3/t40-/m0/s1. The Labute approximate surface area is 293 Å². The van der Waals surface area contributed by atoms with Crippen LogP contribution in [-0.4, -0.2) is 36.4 Å². The summed E-state index contributed by atoms with van der Waals surface area (Å²) in [4.78, 5) is 24.0. The molecule has 47 heavy (non-hydrogen) atoms. The summed E-state index contributed by atoms with van der Waals surface area (Å²) in [6.07, 6.45) is 43.0. The Kier molecular flexibility index (Phi) is 38.4. The van der Waals surface area contributed by atoms with E-state index in [4.69, 9.17) is 9.47 Å². The van der Waals surface area contributed by atoms with Crippen LogP contribution in [0.25, 0.3) is 0 Å². The van der Waals surface area contributed by atoms with Crippen molar-refractivity contribution in [1.82, 2.24) is 0 Å². The van der Waals surface area contributed by atoms with Crippen molar-refractivity contribution >= 4 is 11.9 Å². The van der Waals surface area contributed by atoms with Crippen molar-refractivity contribution in [2.45, 2.75) is 245 Å².